The molecule has 32 heavy (non-hydrogen) atoms. The van der Waals surface area contributed by atoms with E-state index in [1.807, 2.05) is 31.2 Å². The van der Waals surface area contributed by atoms with Gasteiger partial charge in [-0.3, -0.25) is 9.59 Å². The van der Waals surface area contributed by atoms with Gasteiger partial charge < -0.3 is 24.8 Å². The quantitative estimate of drug-likeness (QED) is 0.474. The summed E-state index contributed by atoms with van der Waals surface area (Å²) in [5.74, 6) is 1.40. The minimum absolute atomic E-state index is 0.154. The van der Waals surface area contributed by atoms with Crippen LogP contribution in [0.3, 0.4) is 0 Å². The minimum Gasteiger partial charge on any atom is -0.497 e. The van der Waals surface area contributed by atoms with Crippen LogP contribution >= 0.6 is 0 Å². The number of hydrogen-bond acceptors (Lipinski definition) is 5. The number of anilines is 1. The van der Waals surface area contributed by atoms with E-state index in [0.29, 0.717) is 35.9 Å². The molecule has 0 saturated heterocycles. The molecular formula is C25H26N2O5. The van der Waals surface area contributed by atoms with Crippen LogP contribution in [0.5, 0.6) is 17.2 Å². The van der Waals surface area contributed by atoms with E-state index in [9.17, 15) is 9.59 Å². The number of aryl methyl sites for hydroxylation is 1. The highest BCUT2D eigenvalue weighted by Gasteiger charge is 2.08. The van der Waals surface area contributed by atoms with Gasteiger partial charge in [0.1, 0.15) is 23.9 Å². The predicted octanol–water partition coefficient (Wildman–Crippen LogP) is 3.83. The molecule has 166 valence electrons. The molecule has 0 radical (unpaired) electrons. The van der Waals surface area contributed by atoms with Crippen LogP contribution in [0.2, 0.25) is 0 Å². The van der Waals surface area contributed by atoms with E-state index in [4.69, 9.17) is 14.2 Å². The Hall–Kier alpha value is -4.00. The Morgan fingerprint density at radius 3 is 2.25 bits per heavy atom. The molecule has 7 heteroatoms. The van der Waals surface area contributed by atoms with Crippen LogP contribution in [-0.4, -0.2) is 38.7 Å². The average Bonchev–Trinajstić information content (AvgIpc) is 2.82. The molecule has 0 fully saturated rings. The van der Waals surface area contributed by atoms with Gasteiger partial charge in [0.2, 0.25) is 0 Å². The predicted molar refractivity (Wildman–Crippen MR) is 123 cm³/mol. The third kappa shape index (κ3) is 7.05. The average molecular weight is 434 g/mol. The van der Waals surface area contributed by atoms with Crippen molar-refractivity contribution in [3.05, 3.63) is 83.9 Å². The van der Waals surface area contributed by atoms with Gasteiger partial charge in [-0.1, -0.05) is 23.8 Å². The van der Waals surface area contributed by atoms with Crippen molar-refractivity contribution >= 4 is 17.5 Å². The fraction of sp³-hybridized carbons (Fsp3) is 0.200. The number of nitrogens with one attached hydrogen (secondary N) is 2. The lowest BCUT2D eigenvalue weighted by atomic mass is 10.2. The number of benzene rings is 3. The number of amides is 2. The van der Waals surface area contributed by atoms with Crippen molar-refractivity contribution in [2.24, 2.45) is 0 Å². The fourth-order valence-corrected chi connectivity index (χ4v) is 2.82. The number of rotatable bonds is 10. The first kappa shape index (κ1) is 22.7. The van der Waals surface area contributed by atoms with E-state index in [1.165, 1.54) is 0 Å². The highest BCUT2D eigenvalue weighted by atomic mass is 16.5. The van der Waals surface area contributed by atoms with Crippen molar-refractivity contribution in [2.45, 2.75) is 6.92 Å². The molecule has 2 N–H and O–H groups in total. The number of hydrogen-bond donors (Lipinski definition) is 2. The van der Waals surface area contributed by atoms with Crippen molar-refractivity contribution in [1.82, 2.24) is 5.32 Å². The van der Waals surface area contributed by atoms with E-state index in [0.717, 1.165) is 11.3 Å². The van der Waals surface area contributed by atoms with Crippen molar-refractivity contribution in [3.63, 3.8) is 0 Å². The number of ether oxygens (including phenoxy) is 3. The summed E-state index contributed by atoms with van der Waals surface area (Å²) in [6.45, 7) is 2.62. The third-order valence-corrected chi connectivity index (χ3v) is 4.52. The van der Waals surface area contributed by atoms with Gasteiger partial charge in [0.05, 0.1) is 13.7 Å². The van der Waals surface area contributed by atoms with E-state index >= 15 is 0 Å². The van der Waals surface area contributed by atoms with Crippen LogP contribution in [0.4, 0.5) is 5.69 Å². The zero-order valence-corrected chi connectivity index (χ0v) is 18.1. The summed E-state index contributed by atoms with van der Waals surface area (Å²) in [6, 6.07) is 21.4. The van der Waals surface area contributed by atoms with Crippen LogP contribution < -0.4 is 24.8 Å². The Bertz CT molecular complexity index is 1030. The Morgan fingerprint density at radius 2 is 1.53 bits per heavy atom. The zero-order chi connectivity index (χ0) is 22.8. The summed E-state index contributed by atoms with van der Waals surface area (Å²) in [4.78, 5) is 24.3. The van der Waals surface area contributed by atoms with E-state index in [1.54, 1.807) is 55.6 Å². The molecule has 3 aromatic rings. The molecular weight excluding hydrogens is 408 g/mol. The molecule has 0 bridgehead atoms. The maximum atomic E-state index is 12.3. The van der Waals surface area contributed by atoms with E-state index < -0.39 is 0 Å². The highest BCUT2D eigenvalue weighted by Crippen LogP contribution is 2.17. The molecule has 0 saturated carbocycles. The molecule has 0 atom stereocenters. The second-order valence-corrected chi connectivity index (χ2v) is 7.01. The first-order valence-electron chi connectivity index (χ1n) is 10.2. The van der Waals surface area contributed by atoms with E-state index in [2.05, 4.69) is 10.6 Å². The molecule has 0 aliphatic carbocycles. The van der Waals surface area contributed by atoms with Crippen LogP contribution in [0.1, 0.15) is 15.9 Å². The molecule has 3 rings (SSSR count). The second kappa shape index (κ2) is 11.4. The molecule has 0 aliphatic rings. The Balaban J connectivity index is 1.39. The summed E-state index contributed by atoms with van der Waals surface area (Å²) in [7, 11) is 1.56. The van der Waals surface area contributed by atoms with Crippen LogP contribution in [0, 0.1) is 6.92 Å². The largest absolute Gasteiger partial charge is 0.497 e. The standard InChI is InChI=1S/C25H26N2O5/c1-18-6-10-21(11-7-18)31-15-14-26-25(29)19-8-12-22(13-9-19)32-17-24(28)27-20-4-3-5-23(16-20)30-2/h3-13,16H,14-15,17H2,1-2H3,(H,26,29)(H,27,28). The first-order chi connectivity index (χ1) is 15.5. The van der Waals surface area contributed by atoms with Gasteiger partial charge >= 0.3 is 0 Å². The number of carbonyl (C=O) groups is 2. The van der Waals surface area contributed by atoms with Gasteiger partial charge in [0, 0.05) is 17.3 Å². The van der Waals surface area contributed by atoms with Gasteiger partial charge in [0.15, 0.2) is 6.61 Å². The Labute approximate surface area is 187 Å². The van der Waals surface area contributed by atoms with Gasteiger partial charge in [-0.05, 0) is 55.5 Å². The SMILES string of the molecule is COc1cccc(NC(=O)COc2ccc(C(=O)NCCOc3ccc(C)cc3)cc2)c1. The Morgan fingerprint density at radius 1 is 0.844 bits per heavy atom. The minimum atomic E-state index is -0.298. The first-order valence-corrected chi connectivity index (χ1v) is 10.2. The number of methoxy groups -OCH3 is 1. The molecule has 0 heterocycles. The second-order valence-electron chi connectivity index (χ2n) is 7.01. The molecule has 0 spiro atoms. The maximum absolute atomic E-state index is 12.3. The van der Waals surface area contributed by atoms with Crippen molar-refractivity contribution < 1.29 is 23.8 Å². The van der Waals surface area contributed by atoms with Gasteiger partial charge in [0.25, 0.3) is 11.8 Å². The monoisotopic (exact) mass is 434 g/mol. The molecule has 2 amide bonds. The summed E-state index contributed by atoms with van der Waals surface area (Å²) >= 11 is 0. The molecule has 0 unspecified atom stereocenters. The van der Waals surface area contributed by atoms with Crippen LogP contribution in [-0.2, 0) is 4.79 Å². The van der Waals surface area contributed by atoms with E-state index in [-0.39, 0.29) is 18.4 Å². The lowest BCUT2D eigenvalue weighted by molar-refractivity contribution is -0.118. The lowest BCUT2D eigenvalue weighted by Gasteiger charge is -2.10. The van der Waals surface area contributed by atoms with Crippen LogP contribution in [0.25, 0.3) is 0 Å². The van der Waals surface area contributed by atoms with Crippen molar-refractivity contribution in [3.8, 4) is 17.2 Å². The molecule has 0 aromatic heterocycles. The fourth-order valence-electron chi connectivity index (χ4n) is 2.82. The maximum Gasteiger partial charge on any atom is 0.262 e. The van der Waals surface area contributed by atoms with Crippen LogP contribution in [0.15, 0.2) is 72.8 Å². The lowest BCUT2D eigenvalue weighted by Crippen LogP contribution is -2.28. The highest BCUT2D eigenvalue weighted by molar-refractivity contribution is 5.94. The Kier molecular flexibility index (Phi) is 8.09. The summed E-state index contributed by atoms with van der Waals surface area (Å²) in [6.07, 6.45) is 0. The molecule has 7 nitrogen and oxygen atoms in total. The molecule has 3 aromatic carbocycles. The third-order valence-electron chi connectivity index (χ3n) is 4.52. The molecule has 0 aliphatic heterocycles. The smallest absolute Gasteiger partial charge is 0.262 e. The van der Waals surface area contributed by atoms with Gasteiger partial charge in [-0.2, -0.15) is 0 Å². The number of carbonyl (C=O) groups excluding carboxylic acids is 2. The summed E-state index contributed by atoms with van der Waals surface area (Å²) in [5.41, 5.74) is 2.28. The summed E-state index contributed by atoms with van der Waals surface area (Å²) in [5, 5.41) is 5.55. The normalized spacial score (nSPS) is 10.2. The zero-order valence-electron chi connectivity index (χ0n) is 18.1. The topological polar surface area (TPSA) is 85.9 Å². The van der Waals surface area contributed by atoms with Crippen molar-refractivity contribution in [2.75, 3.05) is 32.2 Å². The van der Waals surface area contributed by atoms with Gasteiger partial charge in [-0.25, -0.2) is 0 Å². The summed E-state index contributed by atoms with van der Waals surface area (Å²) < 4.78 is 16.2. The van der Waals surface area contributed by atoms with Gasteiger partial charge in [-0.15, -0.1) is 0 Å². The van der Waals surface area contributed by atoms with Crippen molar-refractivity contribution in [1.29, 1.82) is 0 Å².